The fourth-order valence-corrected chi connectivity index (χ4v) is 2.58. The highest BCUT2D eigenvalue weighted by molar-refractivity contribution is 6.31. The second-order valence-electron chi connectivity index (χ2n) is 4.87. The lowest BCUT2D eigenvalue weighted by Gasteiger charge is -2.15. The maximum Gasteiger partial charge on any atom is 0.265 e. The van der Waals surface area contributed by atoms with Crippen molar-refractivity contribution in [2.75, 3.05) is 0 Å². The third-order valence-corrected chi connectivity index (χ3v) is 3.96. The minimum absolute atomic E-state index is 0.141. The van der Waals surface area contributed by atoms with Gasteiger partial charge in [0.2, 0.25) is 0 Å². The predicted octanol–water partition coefficient (Wildman–Crippen LogP) is 2.83. The number of phenolic OH excluding ortho intramolecular Hbond substituents is 2. The van der Waals surface area contributed by atoms with Gasteiger partial charge in [0.05, 0.1) is 22.7 Å². The Morgan fingerprint density at radius 2 is 1.65 bits per heavy atom. The molecule has 118 valence electrons. The van der Waals surface area contributed by atoms with Gasteiger partial charge < -0.3 is 10.2 Å². The molecule has 1 heterocycles. The predicted molar refractivity (Wildman–Crippen MR) is 75.3 cm³/mol. The van der Waals surface area contributed by atoms with Crippen molar-refractivity contribution in [2.24, 2.45) is 0 Å². The van der Waals surface area contributed by atoms with Gasteiger partial charge in [-0.25, -0.2) is 8.78 Å². The number of nitrogens with zero attached hydrogens (tertiary/aromatic N) is 1. The normalized spacial score (nSPS) is 13.6. The number of aromatic hydroxyl groups is 2. The molecule has 0 radical (unpaired) electrons. The van der Waals surface area contributed by atoms with Crippen LogP contribution in [0.25, 0.3) is 0 Å². The molecule has 0 bridgehead atoms. The first kappa shape index (κ1) is 15.2. The highest BCUT2D eigenvalue weighted by atomic mass is 35.5. The van der Waals surface area contributed by atoms with Crippen LogP contribution in [-0.4, -0.2) is 26.9 Å². The van der Waals surface area contributed by atoms with E-state index in [4.69, 9.17) is 11.6 Å². The molecule has 8 heteroatoms. The molecule has 2 aromatic carbocycles. The number of imide groups is 1. The summed E-state index contributed by atoms with van der Waals surface area (Å²) in [6, 6.07) is 3.87. The number of benzene rings is 2. The van der Waals surface area contributed by atoms with Crippen molar-refractivity contribution in [3.05, 3.63) is 57.6 Å². The zero-order valence-corrected chi connectivity index (χ0v) is 12.1. The number of hydrogen-bond donors (Lipinski definition) is 2. The van der Waals surface area contributed by atoms with E-state index in [1.165, 1.54) is 0 Å². The molecule has 0 spiro atoms. The van der Waals surface area contributed by atoms with Crippen molar-refractivity contribution >= 4 is 23.4 Å². The summed E-state index contributed by atoms with van der Waals surface area (Å²) in [4.78, 5) is 25.1. The van der Waals surface area contributed by atoms with Crippen molar-refractivity contribution in [1.82, 2.24) is 4.90 Å². The molecule has 2 N–H and O–H groups in total. The monoisotopic (exact) mass is 339 g/mol. The molecule has 0 saturated carbocycles. The van der Waals surface area contributed by atoms with E-state index in [0.29, 0.717) is 4.90 Å². The molecule has 5 nitrogen and oxygen atoms in total. The van der Waals surface area contributed by atoms with Gasteiger partial charge >= 0.3 is 0 Å². The Balaban J connectivity index is 2.05. The highest BCUT2D eigenvalue weighted by Crippen LogP contribution is 2.37. The maximum absolute atomic E-state index is 13.8. The van der Waals surface area contributed by atoms with Gasteiger partial charge in [0, 0.05) is 5.56 Å². The molecule has 0 saturated heterocycles. The average Bonchev–Trinajstić information content (AvgIpc) is 2.75. The lowest BCUT2D eigenvalue weighted by Crippen LogP contribution is -2.29. The van der Waals surface area contributed by atoms with E-state index in [2.05, 4.69) is 0 Å². The first-order valence-corrected chi connectivity index (χ1v) is 6.74. The third kappa shape index (κ3) is 2.20. The van der Waals surface area contributed by atoms with Crippen LogP contribution < -0.4 is 0 Å². The highest BCUT2D eigenvalue weighted by Gasteiger charge is 2.39. The summed E-state index contributed by atoms with van der Waals surface area (Å²) in [7, 11) is 0. The van der Waals surface area contributed by atoms with Crippen LogP contribution in [0.4, 0.5) is 8.78 Å². The minimum atomic E-state index is -0.932. The largest absolute Gasteiger partial charge is 0.504 e. The SMILES string of the molecule is O=C1c2ccc(O)c(O)c2C(=O)N1Cc1c(F)ccc(F)c1Cl. The van der Waals surface area contributed by atoms with Crippen molar-refractivity contribution in [2.45, 2.75) is 6.54 Å². The van der Waals surface area contributed by atoms with E-state index in [-0.39, 0.29) is 16.7 Å². The van der Waals surface area contributed by atoms with Crippen molar-refractivity contribution < 1.29 is 28.6 Å². The molecule has 23 heavy (non-hydrogen) atoms. The first-order chi connectivity index (χ1) is 10.8. The van der Waals surface area contributed by atoms with Crippen LogP contribution >= 0.6 is 11.6 Å². The molecular weight excluding hydrogens is 332 g/mol. The molecule has 0 aromatic heterocycles. The van der Waals surface area contributed by atoms with Crippen molar-refractivity contribution in [3.8, 4) is 11.5 Å². The van der Waals surface area contributed by atoms with E-state index in [1.807, 2.05) is 0 Å². The number of fused-ring (bicyclic) bond motifs is 1. The van der Waals surface area contributed by atoms with Gasteiger partial charge in [-0.15, -0.1) is 0 Å². The quantitative estimate of drug-likeness (QED) is 0.501. The average molecular weight is 340 g/mol. The van der Waals surface area contributed by atoms with Crippen LogP contribution in [0.15, 0.2) is 24.3 Å². The second-order valence-corrected chi connectivity index (χ2v) is 5.25. The third-order valence-electron chi connectivity index (χ3n) is 3.55. The van der Waals surface area contributed by atoms with Gasteiger partial charge in [0.1, 0.15) is 11.6 Å². The van der Waals surface area contributed by atoms with Crippen LogP contribution in [0.1, 0.15) is 26.3 Å². The molecule has 2 amide bonds. The van der Waals surface area contributed by atoms with Gasteiger partial charge in [-0.3, -0.25) is 14.5 Å². The van der Waals surface area contributed by atoms with E-state index < -0.39 is 46.5 Å². The van der Waals surface area contributed by atoms with Gasteiger partial charge in [-0.1, -0.05) is 11.6 Å². The number of rotatable bonds is 2. The topological polar surface area (TPSA) is 77.8 Å². The van der Waals surface area contributed by atoms with Crippen LogP contribution in [-0.2, 0) is 6.54 Å². The lowest BCUT2D eigenvalue weighted by atomic mass is 10.1. The minimum Gasteiger partial charge on any atom is -0.504 e. The van der Waals surface area contributed by atoms with Gasteiger partial charge in [0.15, 0.2) is 11.5 Å². The molecule has 1 aliphatic rings. The van der Waals surface area contributed by atoms with E-state index in [1.54, 1.807) is 0 Å². The molecule has 0 fully saturated rings. The molecule has 3 rings (SSSR count). The summed E-state index contributed by atoms with van der Waals surface area (Å²) in [5, 5.41) is 18.6. The maximum atomic E-state index is 13.8. The number of carbonyl (C=O) groups excluding carboxylic acids is 2. The zero-order chi connectivity index (χ0) is 16.9. The van der Waals surface area contributed by atoms with Crippen molar-refractivity contribution in [1.29, 1.82) is 0 Å². The summed E-state index contributed by atoms with van der Waals surface area (Å²) in [6.07, 6.45) is 0. The Kier molecular flexibility index (Phi) is 3.45. The molecule has 2 aromatic rings. The summed E-state index contributed by atoms with van der Waals surface area (Å²) < 4.78 is 27.3. The van der Waals surface area contributed by atoms with Gasteiger partial charge in [-0.05, 0) is 24.3 Å². The number of halogens is 3. The summed E-state index contributed by atoms with van der Waals surface area (Å²) in [6.45, 7) is -0.602. The number of carbonyl (C=O) groups is 2. The number of phenols is 2. The Bertz CT molecular complexity index is 869. The Morgan fingerprint density at radius 1 is 1.00 bits per heavy atom. The summed E-state index contributed by atoms with van der Waals surface area (Å²) in [5.41, 5.74) is -0.883. The van der Waals surface area contributed by atoms with Crippen molar-refractivity contribution in [3.63, 3.8) is 0 Å². The standard InChI is InChI=1S/C15H8ClF2NO4/c16-12-7(8(17)2-3-9(12)18)5-19-14(22)6-1-4-10(20)13(21)11(6)15(19)23/h1-4,20-21H,5H2. The molecule has 0 unspecified atom stereocenters. The summed E-state index contributed by atoms with van der Waals surface area (Å²) >= 11 is 5.69. The van der Waals surface area contributed by atoms with Crippen LogP contribution in [0, 0.1) is 11.6 Å². The van der Waals surface area contributed by atoms with Crippen LogP contribution in [0.5, 0.6) is 11.5 Å². The van der Waals surface area contributed by atoms with E-state index >= 15 is 0 Å². The van der Waals surface area contributed by atoms with Gasteiger partial charge in [0.25, 0.3) is 11.8 Å². The number of amides is 2. The molecule has 0 atom stereocenters. The Labute approximate surface area is 133 Å². The Hall–Kier alpha value is -2.67. The zero-order valence-electron chi connectivity index (χ0n) is 11.3. The fourth-order valence-electron chi connectivity index (χ4n) is 2.36. The first-order valence-electron chi connectivity index (χ1n) is 6.36. The Morgan fingerprint density at radius 3 is 2.35 bits per heavy atom. The molecule has 0 aliphatic carbocycles. The van der Waals surface area contributed by atoms with E-state index in [0.717, 1.165) is 24.3 Å². The molecule has 1 aliphatic heterocycles. The fraction of sp³-hybridized carbons (Fsp3) is 0.0667. The van der Waals surface area contributed by atoms with Crippen LogP contribution in [0.3, 0.4) is 0 Å². The molecular formula is C15H8ClF2NO4. The number of hydrogen-bond acceptors (Lipinski definition) is 4. The smallest absolute Gasteiger partial charge is 0.265 e. The van der Waals surface area contributed by atoms with E-state index in [9.17, 15) is 28.6 Å². The van der Waals surface area contributed by atoms with Gasteiger partial charge in [-0.2, -0.15) is 0 Å². The summed E-state index contributed by atoms with van der Waals surface area (Å²) in [5.74, 6) is -4.81. The van der Waals surface area contributed by atoms with Crippen LogP contribution in [0.2, 0.25) is 5.02 Å². The lowest BCUT2D eigenvalue weighted by molar-refractivity contribution is 0.0640. The second kappa shape index (κ2) is 5.20.